The van der Waals surface area contributed by atoms with E-state index in [1.54, 1.807) is 6.08 Å². The van der Waals surface area contributed by atoms with E-state index in [2.05, 4.69) is 6.92 Å². The smallest absolute Gasteiger partial charge is 0.203 e. The van der Waals surface area contributed by atoms with Crippen molar-refractivity contribution in [1.82, 2.24) is 0 Å². The zero-order chi connectivity index (χ0) is 18.9. The van der Waals surface area contributed by atoms with Crippen molar-refractivity contribution in [2.75, 3.05) is 0 Å². The van der Waals surface area contributed by atoms with Crippen molar-refractivity contribution in [3.8, 4) is 0 Å². The van der Waals surface area contributed by atoms with Crippen LogP contribution in [0, 0.1) is 5.92 Å². The summed E-state index contributed by atoms with van der Waals surface area (Å²) in [6.07, 6.45) is 28.0. The molecule has 0 heterocycles. The van der Waals surface area contributed by atoms with Crippen LogP contribution in [0.5, 0.6) is 0 Å². The molecule has 1 rings (SSSR count). The van der Waals surface area contributed by atoms with E-state index >= 15 is 0 Å². The quantitative estimate of drug-likeness (QED) is 0.268. The van der Waals surface area contributed by atoms with E-state index in [9.17, 15) is 9.90 Å². The molecule has 0 bridgehead atoms. The van der Waals surface area contributed by atoms with Crippen LogP contribution in [0.25, 0.3) is 0 Å². The first-order valence-corrected chi connectivity index (χ1v) is 11.4. The van der Waals surface area contributed by atoms with Crippen molar-refractivity contribution in [2.24, 2.45) is 5.92 Å². The van der Waals surface area contributed by atoms with Gasteiger partial charge < -0.3 is 5.11 Å². The van der Waals surface area contributed by atoms with Gasteiger partial charge in [-0.15, -0.1) is 0 Å². The van der Waals surface area contributed by atoms with Gasteiger partial charge in [0.25, 0.3) is 0 Å². The molecule has 1 N–H and O–H groups in total. The SMILES string of the molecule is CCCCCCCCCCCCCCCCCCC1C=CC=C(O)C1=O. The molecule has 1 aliphatic carbocycles. The minimum Gasteiger partial charge on any atom is -0.504 e. The molecule has 0 saturated heterocycles. The Bertz CT molecular complexity index is 408. The number of hydrogen-bond donors (Lipinski definition) is 1. The van der Waals surface area contributed by atoms with E-state index in [1.165, 1.54) is 102 Å². The second-order valence-corrected chi connectivity index (χ2v) is 8.00. The van der Waals surface area contributed by atoms with E-state index < -0.39 is 0 Å². The molecule has 0 aromatic heterocycles. The monoisotopic (exact) mass is 362 g/mol. The zero-order valence-electron chi connectivity index (χ0n) is 17.2. The van der Waals surface area contributed by atoms with Gasteiger partial charge in [0, 0.05) is 5.92 Å². The lowest BCUT2D eigenvalue weighted by atomic mass is 9.92. The molecule has 0 aromatic rings. The van der Waals surface area contributed by atoms with Gasteiger partial charge in [0.1, 0.15) is 0 Å². The number of rotatable bonds is 17. The van der Waals surface area contributed by atoms with Crippen LogP contribution >= 0.6 is 0 Å². The summed E-state index contributed by atoms with van der Waals surface area (Å²) in [7, 11) is 0. The molecule has 0 aliphatic heterocycles. The lowest BCUT2D eigenvalue weighted by molar-refractivity contribution is -0.120. The highest BCUT2D eigenvalue weighted by Crippen LogP contribution is 2.20. The zero-order valence-corrected chi connectivity index (χ0v) is 17.2. The third-order valence-electron chi connectivity index (χ3n) is 5.56. The average molecular weight is 363 g/mol. The van der Waals surface area contributed by atoms with Crippen molar-refractivity contribution in [3.05, 3.63) is 24.0 Å². The summed E-state index contributed by atoms with van der Waals surface area (Å²) in [6.45, 7) is 2.28. The van der Waals surface area contributed by atoms with Gasteiger partial charge in [0.2, 0.25) is 5.78 Å². The number of carbonyl (C=O) groups excluding carboxylic acids is 1. The van der Waals surface area contributed by atoms with E-state index in [0.29, 0.717) is 0 Å². The summed E-state index contributed by atoms with van der Waals surface area (Å²) in [5.41, 5.74) is 0. The van der Waals surface area contributed by atoms with Gasteiger partial charge in [-0.25, -0.2) is 0 Å². The molecule has 1 atom stereocenters. The Morgan fingerprint density at radius 2 is 1.15 bits per heavy atom. The van der Waals surface area contributed by atoms with Gasteiger partial charge in [-0.3, -0.25) is 4.79 Å². The van der Waals surface area contributed by atoms with E-state index in [4.69, 9.17) is 0 Å². The van der Waals surface area contributed by atoms with Crippen molar-refractivity contribution in [2.45, 2.75) is 116 Å². The first kappa shape index (κ1) is 23.0. The number of hydrogen-bond acceptors (Lipinski definition) is 2. The van der Waals surface area contributed by atoms with Gasteiger partial charge in [-0.05, 0) is 12.5 Å². The fourth-order valence-corrected chi connectivity index (χ4v) is 3.78. The predicted octanol–water partition coefficient (Wildman–Crippen LogP) is 7.84. The number of aliphatic hydroxyl groups is 1. The highest BCUT2D eigenvalue weighted by atomic mass is 16.3. The molecule has 0 radical (unpaired) electrons. The van der Waals surface area contributed by atoms with Crippen molar-refractivity contribution in [3.63, 3.8) is 0 Å². The Morgan fingerprint density at radius 1 is 0.731 bits per heavy atom. The van der Waals surface area contributed by atoms with Gasteiger partial charge >= 0.3 is 0 Å². The first-order valence-electron chi connectivity index (χ1n) is 11.4. The van der Waals surface area contributed by atoms with Crippen LogP contribution in [0.4, 0.5) is 0 Å². The summed E-state index contributed by atoms with van der Waals surface area (Å²) in [5, 5.41) is 9.44. The number of unbranched alkanes of at least 4 members (excludes halogenated alkanes) is 15. The van der Waals surface area contributed by atoms with Gasteiger partial charge in [0.15, 0.2) is 5.76 Å². The maximum absolute atomic E-state index is 11.7. The van der Waals surface area contributed by atoms with Crippen molar-refractivity contribution < 1.29 is 9.90 Å². The van der Waals surface area contributed by atoms with Crippen molar-refractivity contribution in [1.29, 1.82) is 0 Å². The molecule has 1 unspecified atom stereocenters. The minimum atomic E-state index is -0.103. The fraction of sp³-hybridized carbons (Fsp3) is 0.792. The summed E-state index contributed by atoms with van der Waals surface area (Å²) in [4.78, 5) is 11.7. The molecule has 0 amide bonds. The van der Waals surface area contributed by atoms with Crippen LogP contribution in [0.1, 0.15) is 116 Å². The summed E-state index contributed by atoms with van der Waals surface area (Å²) < 4.78 is 0. The lowest BCUT2D eigenvalue weighted by Crippen LogP contribution is -2.16. The summed E-state index contributed by atoms with van der Waals surface area (Å²) >= 11 is 0. The van der Waals surface area contributed by atoms with E-state index in [0.717, 1.165) is 12.8 Å². The normalized spacial score (nSPS) is 16.9. The van der Waals surface area contributed by atoms with Crippen LogP contribution in [-0.4, -0.2) is 10.9 Å². The lowest BCUT2D eigenvalue weighted by Gasteiger charge is -2.13. The second-order valence-electron chi connectivity index (χ2n) is 8.00. The summed E-state index contributed by atoms with van der Waals surface area (Å²) in [5.74, 6) is -0.269. The van der Waals surface area contributed by atoms with Crippen LogP contribution in [0.15, 0.2) is 24.0 Å². The average Bonchev–Trinajstić information content (AvgIpc) is 2.64. The Morgan fingerprint density at radius 3 is 1.62 bits per heavy atom. The number of aliphatic hydroxyl groups excluding tert-OH is 1. The molecule has 0 fully saturated rings. The fourth-order valence-electron chi connectivity index (χ4n) is 3.78. The van der Waals surface area contributed by atoms with Crippen LogP contribution in [-0.2, 0) is 4.79 Å². The van der Waals surface area contributed by atoms with Crippen LogP contribution in [0.3, 0.4) is 0 Å². The molecule has 0 aromatic carbocycles. The molecule has 26 heavy (non-hydrogen) atoms. The van der Waals surface area contributed by atoms with E-state index in [1.807, 2.05) is 6.08 Å². The third-order valence-corrected chi connectivity index (χ3v) is 5.56. The third kappa shape index (κ3) is 11.5. The van der Waals surface area contributed by atoms with Gasteiger partial charge in [-0.2, -0.15) is 0 Å². The number of ketones is 1. The first-order chi connectivity index (χ1) is 12.8. The largest absolute Gasteiger partial charge is 0.504 e. The molecule has 150 valence electrons. The van der Waals surface area contributed by atoms with Crippen LogP contribution < -0.4 is 0 Å². The maximum Gasteiger partial charge on any atom is 0.203 e. The molecule has 1 aliphatic rings. The van der Waals surface area contributed by atoms with Gasteiger partial charge in [-0.1, -0.05) is 122 Å². The topological polar surface area (TPSA) is 37.3 Å². The Labute approximate surface area is 162 Å². The molecule has 0 saturated carbocycles. The number of allylic oxidation sites excluding steroid dienone is 4. The Kier molecular flexibility index (Phi) is 14.3. The second kappa shape index (κ2) is 16.1. The maximum atomic E-state index is 11.7. The molecular weight excluding hydrogens is 320 g/mol. The van der Waals surface area contributed by atoms with E-state index in [-0.39, 0.29) is 17.5 Å². The van der Waals surface area contributed by atoms with Gasteiger partial charge in [0.05, 0.1) is 0 Å². The van der Waals surface area contributed by atoms with Crippen molar-refractivity contribution >= 4 is 5.78 Å². The number of carbonyl (C=O) groups is 1. The standard InChI is InChI=1S/C24H42O2/c1-2-3-4-5-6-7-8-9-10-11-12-13-14-15-16-17-19-22-20-18-21-23(25)24(22)26/h18,20-22,25H,2-17,19H2,1H3. The molecule has 2 nitrogen and oxygen atoms in total. The molecular formula is C24H42O2. The minimum absolute atomic E-state index is 0.0750. The Balaban J connectivity index is 1.77. The van der Waals surface area contributed by atoms with Crippen LogP contribution in [0.2, 0.25) is 0 Å². The Hall–Kier alpha value is -1.05. The highest BCUT2D eigenvalue weighted by molar-refractivity contribution is 5.97. The highest BCUT2D eigenvalue weighted by Gasteiger charge is 2.20. The number of Topliss-reactive ketones (excluding diaryl/α,β-unsaturated/α-hetero) is 1. The molecule has 2 heteroatoms. The predicted molar refractivity (Wildman–Crippen MR) is 113 cm³/mol. The summed E-state index contributed by atoms with van der Waals surface area (Å²) in [6, 6.07) is 0. The molecule has 0 spiro atoms.